The van der Waals surface area contributed by atoms with Gasteiger partial charge in [0.25, 0.3) is 0 Å². The topological polar surface area (TPSA) is 95.4 Å². The molecule has 74 heavy (non-hydrogen) atoms. The van der Waals surface area contributed by atoms with Crippen molar-refractivity contribution in [1.29, 1.82) is 15.8 Å². The van der Waals surface area contributed by atoms with Gasteiger partial charge in [0.2, 0.25) is 0 Å². The van der Waals surface area contributed by atoms with E-state index in [9.17, 15) is 15.8 Å². The number of hydrogen-bond acceptors (Lipinski definition) is 5. The summed E-state index contributed by atoms with van der Waals surface area (Å²) in [7, 11) is 0. The number of rotatable bonds is 12. The van der Waals surface area contributed by atoms with Gasteiger partial charge in [-0.25, -0.2) is 0 Å². The molecule has 5 heteroatoms. The van der Waals surface area contributed by atoms with Crippen LogP contribution in [0.4, 0.5) is 22.7 Å². The minimum atomic E-state index is 0.403. The third-order valence-corrected chi connectivity index (χ3v) is 13.4. The van der Waals surface area contributed by atoms with Gasteiger partial charge >= 0.3 is 0 Å². The molecule has 0 saturated carbocycles. The highest BCUT2D eigenvalue weighted by Crippen LogP contribution is 2.53. The normalized spacial score (nSPS) is 10.7. The molecule has 0 aliphatic carbocycles. The first-order valence-electron chi connectivity index (χ1n) is 24.4. The zero-order valence-corrected chi connectivity index (χ0v) is 40.2. The van der Waals surface area contributed by atoms with Crippen molar-refractivity contribution >= 4 is 22.7 Å². The Balaban J connectivity index is 1.24. The van der Waals surface area contributed by atoms with E-state index in [1.807, 2.05) is 91.0 Å². The molecule has 11 rings (SSSR count). The molecule has 0 aliphatic heterocycles. The lowest BCUT2D eigenvalue weighted by atomic mass is 9.83. The Morgan fingerprint density at radius 3 is 0.973 bits per heavy atom. The number of nitrogens with zero attached hydrogens (tertiary/aromatic N) is 3. The van der Waals surface area contributed by atoms with Crippen molar-refractivity contribution in [3.05, 3.63) is 278 Å². The molecule has 0 bridgehead atoms. The maximum atomic E-state index is 11.9. The van der Waals surface area contributed by atoms with Gasteiger partial charge in [0.15, 0.2) is 0 Å². The van der Waals surface area contributed by atoms with Gasteiger partial charge in [-0.15, -0.1) is 0 Å². The van der Waals surface area contributed by atoms with Crippen molar-refractivity contribution in [2.45, 2.75) is 0 Å². The molecular formula is C69H45N5. The molecule has 11 aromatic rings. The van der Waals surface area contributed by atoms with Crippen molar-refractivity contribution in [2.75, 3.05) is 10.6 Å². The molecular weight excluding hydrogens is 899 g/mol. The van der Waals surface area contributed by atoms with Crippen molar-refractivity contribution in [3.8, 4) is 107 Å². The summed E-state index contributed by atoms with van der Waals surface area (Å²) >= 11 is 0. The van der Waals surface area contributed by atoms with E-state index >= 15 is 0 Å². The van der Waals surface area contributed by atoms with Crippen LogP contribution in [0.2, 0.25) is 0 Å². The van der Waals surface area contributed by atoms with Crippen LogP contribution in [0.3, 0.4) is 0 Å². The highest BCUT2D eigenvalue weighted by atomic mass is 14.9. The van der Waals surface area contributed by atoms with Crippen LogP contribution in [0.15, 0.2) is 261 Å². The van der Waals surface area contributed by atoms with Crippen LogP contribution >= 0.6 is 0 Å². The first-order valence-corrected chi connectivity index (χ1v) is 24.4. The maximum Gasteiger partial charge on any atom is 0.101 e. The lowest BCUT2D eigenvalue weighted by molar-refractivity contribution is 1.43. The second kappa shape index (κ2) is 20.8. The van der Waals surface area contributed by atoms with E-state index in [-0.39, 0.29) is 0 Å². The monoisotopic (exact) mass is 943 g/mol. The average molecular weight is 944 g/mol. The molecule has 0 fully saturated rings. The number of nitriles is 3. The molecule has 2 N–H and O–H groups in total. The Hall–Kier alpha value is -10.5. The summed E-state index contributed by atoms with van der Waals surface area (Å²) in [5.41, 5.74) is 19.4. The van der Waals surface area contributed by atoms with Gasteiger partial charge < -0.3 is 10.6 Å². The SMILES string of the molecule is N#Cc1ccc(-c2c(C#N)c(-c3ccc(C#N)cc3)c(Nc3ccc(-c4ccccc4)cc3-c3cccc(-c4ccccc4)c3)c(-c3ccccc3)c2Nc2ccc(-c3ccccc3)cc2-c2ccccc2)cc1. The lowest BCUT2D eigenvalue weighted by Gasteiger charge is -2.28. The summed E-state index contributed by atoms with van der Waals surface area (Å²) in [5, 5.41) is 40.0. The molecule has 5 nitrogen and oxygen atoms in total. The Kier molecular flexibility index (Phi) is 12.9. The molecule has 0 aromatic heterocycles. The van der Waals surface area contributed by atoms with Crippen LogP contribution in [0.5, 0.6) is 0 Å². The molecule has 0 heterocycles. The summed E-state index contributed by atoms with van der Waals surface area (Å²) in [6.45, 7) is 0. The van der Waals surface area contributed by atoms with Gasteiger partial charge in [0.05, 0.1) is 40.2 Å². The average Bonchev–Trinajstić information content (AvgIpc) is 3.49. The third kappa shape index (κ3) is 9.31. The predicted molar refractivity (Wildman–Crippen MR) is 304 cm³/mol. The van der Waals surface area contributed by atoms with Gasteiger partial charge in [-0.1, -0.05) is 206 Å². The fourth-order valence-corrected chi connectivity index (χ4v) is 9.79. The van der Waals surface area contributed by atoms with Crippen LogP contribution in [0.25, 0.3) is 89.0 Å². The van der Waals surface area contributed by atoms with Crippen LogP contribution in [0.1, 0.15) is 16.7 Å². The molecule has 0 atom stereocenters. The summed E-state index contributed by atoms with van der Waals surface area (Å²) < 4.78 is 0. The fourth-order valence-electron chi connectivity index (χ4n) is 9.79. The quantitative estimate of drug-likeness (QED) is 0.127. The van der Waals surface area contributed by atoms with Crippen molar-refractivity contribution in [3.63, 3.8) is 0 Å². The van der Waals surface area contributed by atoms with Crippen LogP contribution < -0.4 is 10.6 Å². The zero-order valence-electron chi connectivity index (χ0n) is 40.2. The second-order valence-electron chi connectivity index (χ2n) is 17.9. The van der Waals surface area contributed by atoms with Gasteiger partial charge in [-0.3, -0.25) is 0 Å². The molecule has 0 aliphatic rings. The molecule has 0 radical (unpaired) electrons. The highest BCUT2D eigenvalue weighted by molar-refractivity contribution is 6.10. The Bertz CT molecular complexity index is 3930. The van der Waals surface area contributed by atoms with E-state index in [0.29, 0.717) is 39.2 Å². The molecule has 0 unspecified atom stereocenters. The van der Waals surface area contributed by atoms with Crippen molar-refractivity contribution in [2.24, 2.45) is 0 Å². The minimum absolute atomic E-state index is 0.403. The van der Waals surface area contributed by atoms with Gasteiger partial charge in [-0.05, 0) is 116 Å². The molecule has 0 spiro atoms. The summed E-state index contributed by atoms with van der Waals surface area (Å²) in [5.74, 6) is 0. The van der Waals surface area contributed by atoms with Crippen LogP contribution in [-0.2, 0) is 0 Å². The number of anilines is 4. The highest BCUT2D eigenvalue weighted by Gasteiger charge is 2.29. The molecule has 346 valence electrons. The molecule has 0 saturated heterocycles. The number of nitrogens with one attached hydrogen (secondary N) is 2. The minimum Gasteiger partial charge on any atom is -0.354 e. The zero-order chi connectivity index (χ0) is 50.2. The largest absolute Gasteiger partial charge is 0.354 e. The summed E-state index contributed by atoms with van der Waals surface area (Å²) in [6.07, 6.45) is 0. The number of benzene rings is 11. The molecule has 0 amide bonds. The Morgan fingerprint density at radius 2 is 0.568 bits per heavy atom. The van der Waals surface area contributed by atoms with Crippen molar-refractivity contribution in [1.82, 2.24) is 0 Å². The summed E-state index contributed by atoms with van der Waals surface area (Å²) in [6, 6.07) is 95.5. The van der Waals surface area contributed by atoms with Crippen LogP contribution in [-0.4, -0.2) is 0 Å². The van der Waals surface area contributed by atoms with E-state index in [1.165, 1.54) is 0 Å². The third-order valence-electron chi connectivity index (χ3n) is 13.4. The van der Waals surface area contributed by atoms with E-state index in [4.69, 9.17) is 0 Å². The van der Waals surface area contributed by atoms with Gasteiger partial charge in [0, 0.05) is 39.2 Å². The van der Waals surface area contributed by atoms with E-state index in [0.717, 1.165) is 89.3 Å². The van der Waals surface area contributed by atoms with Crippen molar-refractivity contribution < 1.29 is 0 Å². The van der Waals surface area contributed by atoms with Gasteiger partial charge in [-0.2, -0.15) is 15.8 Å². The maximum absolute atomic E-state index is 11.9. The van der Waals surface area contributed by atoms with E-state index in [2.05, 4.69) is 174 Å². The lowest BCUT2D eigenvalue weighted by Crippen LogP contribution is -2.08. The standard InChI is InChI=1S/C69H45N5/c70-44-47-29-33-54(34-30-47)65-62(46-72)66(55-35-31-48(45-71)32-36-55)69(74-64-40-38-58(51-21-10-3-11-22-51)43-61(64)59-28-16-27-56(41-59)49-17-6-1-7-18-49)67(53-25-14-5-15-26-53)68(65)73-63-39-37-57(50-19-8-2-9-20-50)42-60(63)52-23-12-4-13-24-52/h1-43,73-74H. The Morgan fingerprint density at radius 1 is 0.243 bits per heavy atom. The first kappa shape index (κ1) is 45.9. The second-order valence-corrected chi connectivity index (χ2v) is 17.9. The number of hydrogen-bond donors (Lipinski definition) is 2. The van der Waals surface area contributed by atoms with Gasteiger partial charge in [0.1, 0.15) is 6.07 Å². The summed E-state index contributed by atoms with van der Waals surface area (Å²) in [4.78, 5) is 0. The fraction of sp³-hybridized carbons (Fsp3) is 0. The van der Waals surface area contributed by atoms with E-state index < -0.39 is 0 Å². The first-order chi connectivity index (χ1) is 36.6. The van der Waals surface area contributed by atoms with E-state index in [1.54, 1.807) is 24.3 Å². The molecule has 11 aromatic carbocycles. The smallest absolute Gasteiger partial charge is 0.101 e. The van der Waals surface area contributed by atoms with Crippen LogP contribution in [0, 0.1) is 34.0 Å². The predicted octanol–water partition coefficient (Wildman–Crippen LogP) is 18.1. The Labute approximate surface area is 431 Å².